The standard InChI is InChI=1S/C20H27NO3S/c1-3-24-19(23)20(12-7-11-17-9-5-4-6-10-17)13-8-14-21(16-20)18(22)15-25-2/h4-7,9-11H,3,8,12-16H2,1-2H3/b11-7+/t20-/m1/s1. The number of allylic oxidation sites excluding steroid dienone is 1. The van der Waals surface area contributed by atoms with Gasteiger partial charge in [-0.2, -0.15) is 11.8 Å². The smallest absolute Gasteiger partial charge is 0.314 e. The summed E-state index contributed by atoms with van der Waals surface area (Å²) >= 11 is 1.52. The fourth-order valence-electron chi connectivity index (χ4n) is 3.24. The number of ether oxygens (including phenoxy) is 1. The lowest BCUT2D eigenvalue weighted by atomic mass is 9.76. The van der Waals surface area contributed by atoms with E-state index in [-0.39, 0.29) is 11.9 Å². The van der Waals surface area contributed by atoms with E-state index >= 15 is 0 Å². The zero-order chi connectivity index (χ0) is 18.1. The Kier molecular flexibility index (Phi) is 7.56. The number of hydrogen-bond acceptors (Lipinski definition) is 4. The molecule has 0 aromatic heterocycles. The van der Waals surface area contributed by atoms with Crippen molar-refractivity contribution in [3.63, 3.8) is 0 Å². The van der Waals surface area contributed by atoms with E-state index in [1.807, 2.05) is 60.6 Å². The average molecular weight is 362 g/mol. The maximum atomic E-state index is 12.7. The minimum absolute atomic E-state index is 0.105. The lowest BCUT2D eigenvalue weighted by Gasteiger charge is -2.40. The topological polar surface area (TPSA) is 46.6 Å². The largest absolute Gasteiger partial charge is 0.466 e. The molecule has 0 spiro atoms. The molecule has 4 nitrogen and oxygen atoms in total. The SMILES string of the molecule is CCOC(=O)[C@]1(C/C=C/c2ccccc2)CCCN(C(=O)CSC)C1. The summed E-state index contributed by atoms with van der Waals surface area (Å²) in [6, 6.07) is 10.0. The van der Waals surface area contributed by atoms with Crippen LogP contribution < -0.4 is 0 Å². The molecule has 0 bridgehead atoms. The summed E-state index contributed by atoms with van der Waals surface area (Å²) in [6.07, 6.45) is 8.16. The van der Waals surface area contributed by atoms with Crippen LogP contribution in [0.25, 0.3) is 6.08 Å². The van der Waals surface area contributed by atoms with E-state index in [0.717, 1.165) is 24.9 Å². The second-order valence-electron chi connectivity index (χ2n) is 6.37. The summed E-state index contributed by atoms with van der Waals surface area (Å²) in [7, 11) is 0. The summed E-state index contributed by atoms with van der Waals surface area (Å²) < 4.78 is 5.36. The normalized spacial score (nSPS) is 20.6. The fourth-order valence-corrected chi connectivity index (χ4v) is 3.67. The molecule has 1 aromatic rings. The molecule has 1 heterocycles. The molecule has 1 saturated heterocycles. The van der Waals surface area contributed by atoms with Crippen LogP contribution in [0.3, 0.4) is 0 Å². The van der Waals surface area contributed by atoms with Gasteiger partial charge in [0.25, 0.3) is 0 Å². The minimum Gasteiger partial charge on any atom is -0.466 e. The van der Waals surface area contributed by atoms with Gasteiger partial charge < -0.3 is 9.64 Å². The van der Waals surface area contributed by atoms with Crippen molar-refractivity contribution in [1.29, 1.82) is 0 Å². The summed E-state index contributed by atoms with van der Waals surface area (Å²) in [6.45, 7) is 3.36. The van der Waals surface area contributed by atoms with Crippen LogP contribution in [0.2, 0.25) is 0 Å². The fraction of sp³-hybridized carbons (Fsp3) is 0.500. The maximum Gasteiger partial charge on any atom is 0.314 e. The molecular weight excluding hydrogens is 334 g/mol. The Hall–Kier alpha value is -1.75. The Morgan fingerprint density at radius 2 is 2.08 bits per heavy atom. The van der Waals surface area contributed by atoms with Crippen LogP contribution in [-0.4, -0.2) is 48.5 Å². The van der Waals surface area contributed by atoms with Crippen LogP contribution in [0.5, 0.6) is 0 Å². The molecule has 0 unspecified atom stereocenters. The van der Waals surface area contributed by atoms with E-state index in [1.165, 1.54) is 11.8 Å². The van der Waals surface area contributed by atoms with Crippen molar-refractivity contribution in [3.05, 3.63) is 42.0 Å². The molecule has 25 heavy (non-hydrogen) atoms. The van der Waals surface area contributed by atoms with Gasteiger partial charge in [0.2, 0.25) is 5.91 Å². The number of benzene rings is 1. The van der Waals surface area contributed by atoms with Gasteiger partial charge in [-0.1, -0.05) is 42.5 Å². The monoisotopic (exact) mass is 361 g/mol. The lowest BCUT2D eigenvalue weighted by Crippen LogP contribution is -2.50. The van der Waals surface area contributed by atoms with Crippen molar-refractivity contribution in [2.24, 2.45) is 5.41 Å². The number of carbonyl (C=O) groups is 2. The maximum absolute atomic E-state index is 12.7. The molecule has 1 atom stereocenters. The number of rotatable bonds is 7. The number of thioether (sulfide) groups is 1. The zero-order valence-corrected chi connectivity index (χ0v) is 15.9. The summed E-state index contributed by atoms with van der Waals surface area (Å²) in [5.41, 5.74) is 0.473. The first kappa shape index (κ1) is 19.6. The Bertz CT molecular complexity index is 602. The van der Waals surface area contributed by atoms with Gasteiger partial charge in [0.05, 0.1) is 17.8 Å². The van der Waals surface area contributed by atoms with Crippen LogP contribution in [0, 0.1) is 5.41 Å². The summed E-state index contributed by atoms with van der Waals surface area (Å²) in [5.74, 6) is 0.376. The van der Waals surface area contributed by atoms with E-state index in [0.29, 0.717) is 25.3 Å². The van der Waals surface area contributed by atoms with Crippen molar-refractivity contribution in [1.82, 2.24) is 4.90 Å². The molecule has 1 amide bonds. The molecule has 0 aliphatic carbocycles. The highest BCUT2D eigenvalue weighted by Crippen LogP contribution is 2.36. The van der Waals surface area contributed by atoms with Gasteiger partial charge in [-0.15, -0.1) is 0 Å². The molecule has 2 rings (SSSR count). The molecule has 0 saturated carbocycles. The van der Waals surface area contributed by atoms with Gasteiger partial charge >= 0.3 is 5.97 Å². The van der Waals surface area contributed by atoms with E-state index in [1.54, 1.807) is 0 Å². The first-order chi connectivity index (χ1) is 12.1. The molecule has 1 aliphatic rings. The summed E-state index contributed by atoms with van der Waals surface area (Å²) in [4.78, 5) is 26.8. The quantitative estimate of drug-likeness (QED) is 0.696. The van der Waals surface area contributed by atoms with Gasteiger partial charge in [-0.3, -0.25) is 9.59 Å². The number of piperidine rings is 1. The molecule has 5 heteroatoms. The predicted molar refractivity (Wildman–Crippen MR) is 103 cm³/mol. The first-order valence-corrected chi connectivity index (χ1v) is 10.2. The van der Waals surface area contributed by atoms with E-state index in [9.17, 15) is 9.59 Å². The third-order valence-corrected chi connectivity index (χ3v) is 5.06. The van der Waals surface area contributed by atoms with Crippen LogP contribution in [0.15, 0.2) is 36.4 Å². The Morgan fingerprint density at radius 1 is 1.32 bits per heavy atom. The van der Waals surface area contributed by atoms with Gasteiger partial charge in [-0.05, 0) is 38.0 Å². The van der Waals surface area contributed by atoms with E-state index in [4.69, 9.17) is 4.74 Å². The zero-order valence-electron chi connectivity index (χ0n) is 15.1. The molecule has 1 aromatic carbocycles. The van der Waals surface area contributed by atoms with Crippen molar-refractivity contribution in [2.75, 3.05) is 31.7 Å². The highest BCUT2D eigenvalue weighted by atomic mass is 32.2. The van der Waals surface area contributed by atoms with E-state index in [2.05, 4.69) is 0 Å². The molecular formula is C20H27NO3S. The average Bonchev–Trinajstić information content (AvgIpc) is 2.63. The van der Waals surface area contributed by atoms with Crippen molar-refractivity contribution < 1.29 is 14.3 Å². The molecule has 136 valence electrons. The van der Waals surface area contributed by atoms with Crippen molar-refractivity contribution >= 4 is 29.7 Å². The van der Waals surface area contributed by atoms with Gasteiger partial charge in [-0.25, -0.2) is 0 Å². The molecule has 1 fully saturated rings. The highest BCUT2D eigenvalue weighted by molar-refractivity contribution is 7.99. The predicted octanol–water partition coefficient (Wildman–Crippen LogP) is 3.62. The van der Waals surface area contributed by atoms with Crippen LogP contribution in [-0.2, 0) is 14.3 Å². The van der Waals surface area contributed by atoms with Crippen LogP contribution in [0.4, 0.5) is 0 Å². The Morgan fingerprint density at radius 3 is 2.76 bits per heavy atom. The number of hydrogen-bond donors (Lipinski definition) is 0. The van der Waals surface area contributed by atoms with Crippen molar-refractivity contribution in [3.8, 4) is 0 Å². The van der Waals surface area contributed by atoms with E-state index < -0.39 is 5.41 Å². The highest BCUT2D eigenvalue weighted by Gasteiger charge is 2.43. The third-order valence-electron chi connectivity index (χ3n) is 4.52. The van der Waals surface area contributed by atoms with Crippen molar-refractivity contribution in [2.45, 2.75) is 26.2 Å². The minimum atomic E-state index is -0.631. The summed E-state index contributed by atoms with van der Waals surface area (Å²) in [5, 5.41) is 0. The number of likely N-dealkylation sites (tertiary alicyclic amines) is 1. The molecule has 0 N–H and O–H groups in total. The van der Waals surface area contributed by atoms with Crippen LogP contribution >= 0.6 is 11.8 Å². The van der Waals surface area contributed by atoms with Gasteiger partial charge in [0.1, 0.15) is 0 Å². The van der Waals surface area contributed by atoms with Gasteiger partial charge in [0, 0.05) is 13.1 Å². The number of nitrogens with zero attached hydrogens (tertiary/aromatic N) is 1. The number of carbonyl (C=O) groups excluding carboxylic acids is 2. The number of amides is 1. The second kappa shape index (κ2) is 9.66. The van der Waals surface area contributed by atoms with Gasteiger partial charge in [0.15, 0.2) is 0 Å². The Labute approximate surface area is 154 Å². The molecule has 0 radical (unpaired) electrons. The molecule has 1 aliphatic heterocycles. The third kappa shape index (κ3) is 5.36. The lowest BCUT2D eigenvalue weighted by molar-refractivity contribution is -0.160. The first-order valence-electron chi connectivity index (χ1n) is 8.77. The van der Waals surface area contributed by atoms with Crippen LogP contribution in [0.1, 0.15) is 31.7 Å². The Balaban J connectivity index is 2.14. The second-order valence-corrected chi connectivity index (χ2v) is 7.24. The number of esters is 1.